The molecule has 5 heteroatoms. The maximum atomic E-state index is 12.7. The number of halogens is 1. The van der Waals surface area contributed by atoms with Crippen molar-refractivity contribution in [2.24, 2.45) is 5.92 Å². The number of hydrogen-bond acceptors (Lipinski definition) is 3. The second-order valence-electron chi connectivity index (χ2n) is 8.05. The number of likely N-dealkylation sites (tertiary alicyclic amines) is 1. The molecule has 1 fully saturated rings. The van der Waals surface area contributed by atoms with Crippen molar-refractivity contribution in [1.82, 2.24) is 10.2 Å². The normalized spacial score (nSPS) is 16.7. The summed E-state index contributed by atoms with van der Waals surface area (Å²) in [6.07, 6.45) is 2.34. The van der Waals surface area contributed by atoms with Gasteiger partial charge in [0.15, 0.2) is 0 Å². The topological polar surface area (TPSA) is 41.6 Å². The Bertz CT molecular complexity index is 756. The van der Waals surface area contributed by atoms with Crippen LogP contribution in [0.25, 0.3) is 0 Å². The van der Waals surface area contributed by atoms with Crippen LogP contribution >= 0.6 is 11.6 Å². The number of carbonyl (C=O) groups excluding carboxylic acids is 1. The minimum atomic E-state index is -0.185. The number of nitrogens with zero attached hydrogens (tertiary/aromatic N) is 1. The summed E-state index contributed by atoms with van der Waals surface area (Å²) in [6.45, 7) is 8.00. The Balaban J connectivity index is 1.55. The maximum Gasteiger partial charge on any atom is 0.251 e. The lowest BCUT2D eigenvalue weighted by molar-refractivity contribution is 0.0473. The summed E-state index contributed by atoms with van der Waals surface area (Å²) in [7, 11) is 0. The Labute approximate surface area is 179 Å². The number of benzene rings is 2. The third-order valence-corrected chi connectivity index (χ3v) is 5.88. The van der Waals surface area contributed by atoms with Crippen molar-refractivity contribution in [1.29, 1.82) is 0 Å². The molecule has 2 aromatic carbocycles. The number of piperidine rings is 1. The van der Waals surface area contributed by atoms with Crippen LogP contribution in [-0.2, 0) is 4.74 Å². The van der Waals surface area contributed by atoms with Gasteiger partial charge in [0.1, 0.15) is 0 Å². The van der Waals surface area contributed by atoms with Crippen molar-refractivity contribution in [2.75, 3.05) is 26.3 Å². The summed E-state index contributed by atoms with van der Waals surface area (Å²) >= 11 is 5.93. The molecule has 1 N–H and O–H groups in total. The van der Waals surface area contributed by atoms with Gasteiger partial charge in [0.2, 0.25) is 0 Å². The van der Waals surface area contributed by atoms with Crippen molar-refractivity contribution in [3.8, 4) is 0 Å². The molecular weight excluding hydrogens is 384 g/mol. The third-order valence-electron chi connectivity index (χ3n) is 5.63. The second-order valence-corrected chi connectivity index (χ2v) is 8.49. The number of rotatable bonds is 8. The van der Waals surface area contributed by atoms with Crippen LogP contribution in [0.4, 0.5) is 0 Å². The van der Waals surface area contributed by atoms with Crippen molar-refractivity contribution in [3.05, 3.63) is 70.7 Å². The minimum Gasteiger partial charge on any atom is -0.379 e. The molecule has 0 radical (unpaired) electrons. The van der Waals surface area contributed by atoms with E-state index in [1.807, 2.05) is 30.3 Å². The van der Waals surface area contributed by atoms with Crippen LogP contribution in [0.15, 0.2) is 54.6 Å². The highest BCUT2D eigenvalue weighted by Gasteiger charge is 2.22. The quantitative estimate of drug-likeness (QED) is 0.664. The third kappa shape index (κ3) is 6.56. The zero-order chi connectivity index (χ0) is 20.6. The summed E-state index contributed by atoms with van der Waals surface area (Å²) < 4.78 is 6.09. The second kappa shape index (κ2) is 10.8. The molecule has 0 spiro atoms. The van der Waals surface area contributed by atoms with E-state index in [0.717, 1.165) is 25.3 Å². The highest BCUT2D eigenvalue weighted by Crippen LogP contribution is 2.21. The van der Waals surface area contributed by atoms with Gasteiger partial charge in [-0.15, -0.1) is 0 Å². The van der Waals surface area contributed by atoms with E-state index in [0.29, 0.717) is 29.2 Å². The standard InChI is InChI=1S/C24H31ClN2O2/c1-18(2)27-14-12-19(13-15-27)16-29-17-23(20-6-4-3-5-7-20)26-24(28)21-8-10-22(25)11-9-21/h3-11,18-19,23H,12-17H2,1-2H3,(H,26,28). The van der Waals surface area contributed by atoms with E-state index < -0.39 is 0 Å². The summed E-state index contributed by atoms with van der Waals surface area (Å²) in [5, 5.41) is 3.73. The van der Waals surface area contributed by atoms with Crippen LogP contribution in [0.2, 0.25) is 5.02 Å². The fourth-order valence-corrected chi connectivity index (χ4v) is 3.86. The lowest BCUT2D eigenvalue weighted by atomic mass is 9.97. The lowest BCUT2D eigenvalue weighted by Gasteiger charge is -2.34. The number of hydrogen-bond donors (Lipinski definition) is 1. The van der Waals surface area contributed by atoms with Gasteiger partial charge in [0, 0.05) is 23.2 Å². The van der Waals surface area contributed by atoms with Crippen molar-refractivity contribution in [3.63, 3.8) is 0 Å². The molecule has 0 saturated carbocycles. The van der Waals surface area contributed by atoms with Gasteiger partial charge in [-0.05, 0) is 75.5 Å². The average molecular weight is 415 g/mol. The molecule has 2 aromatic rings. The van der Waals surface area contributed by atoms with E-state index >= 15 is 0 Å². The van der Waals surface area contributed by atoms with E-state index in [4.69, 9.17) is 16.3 Å². The zero-order valence-corrected chi connectivity index (χ0v) is 18.1. The molecule has 29 heavy (non-hydrogen) atoms. The molecule has 1 aliphatic rings. The molecule has 0 aliphatic carbocycles. The van der Waals surface area contributed by atoms with Gasteiger partial charge >= 0.3 is 0 Å². The molecular formula is C24H31ClN2O2. The fourth-order valence-electron chi connectivity index (χ4n) is 3.74. The van der Waals surface area contributed by atoms with Crippen LogP contribution in [0, 0.1) is 5.92 Å². The molecule has 1 saturated heterocycles. The van der Waals surface area contributed by atoms with E-state index in [9.17, 15) is 4.79 Å². The molecule has 1 aliphatic heterocycles. The minimum absolute atomic E-state index is 0.121. The highest BCUT2D eigenvalue weighted by atomic mass is 35.5. The number of amides is 1. The predicted molar refractivity (Wildman–Crippen MR) is 118 cm³/mol. The molecule has 1 unspecified atom stereocenters. The Kier molecular flexibility index (Phi) is 8.10. The molecule has 4 nitrogen and oxygen atoms in total. The van der Waals surface area contributed by atoms with Crippen molar-refractivity contribution >= 4 is 17.5 Å². The van der Waals surface area contributed by atoms with Gasteiger partial charge < -0.3 is 15.0 Å². The summed E-state index contributed by atoms with van der Waals surface area (Å²) in [5.74, 6) is 0.470. The van der Waals surface area contributed by atoms with Crippen LogP contribution in [0.1, 0.15) is 48.7 Å². The molecule has 1 amide bonds. The Morgan fingerprint density at radius 2 is 1.76 bits per heavy atom. The van der Waals surface area contributed by atoms with Gasteiger partial charge in [-0.25, -0.2) is 0 Å². The first-order valence-corrected chi connectivity index (χ1v) is 10.8. The summed E-state index contributed by atoms with van der Waals surface area (Å²) in [6, 6.07) is 17.4. The van der Waals surface area contributed by atoms with Crippen LogP contribution in [0.5, 0.6) is 0 Å². The van der Waals surface area contributed by atoms with Crippen LogP contribution < -0.4 is 5.32 Å². The molecule has 0 bridgehead atoms. The molecule has 3 rings (SSSR count). The molecule has 1 heterocycles. The van der Waals surface area contributed by atoms with Crippen molar-refractivity contribution < 1.29 is 9.53 Å². The Morgan fingerprint density at radius 3 is 2.38 bits per heavy atom. The van der Waals surface area contributed by atoms with Gasteiger partial charge in [-0.3, -0.25) is 4.79 Å². The maximum absolute atomic E-state index is 12.7. The first-order valence-electron chi connectivity index (χ1n) is 10.5. The zero-order valence-electron chi connectivity index (χ0n) is 17.3. The number of nitrogens with one attached hydrogen (secondary N) is 1. The highest BCUT2D eigenvalue weighted by molar-refractivity contribution is 6.30. The monoisotopic (exact) mass is 414 g/mol. The summed E-state index contributed by atoms with van der Waals surface area (Å²) in [4.78, 5) is 15.2. The number of carbonyl (C=O) groups is 1. The van der Waals surface area contributed by atoms with E-state index in [1.54, 1.807) is 24.3 Å². The van der Waals surface area contributed by atoms with Crippen molar-refractivity contribution in [2.45, 2.75) is 38.8 Å². The SMILES string of the molecule is CC(C)N1CCC(COCC(NC(=O)c2ccc(Cl)cc2)c2ccccc2)CC1. The Hall–Kier alpha value is -1.88. The van der Waals surface area contributed by atoms with E-state index in [2.05, 4.69) is 24.1 Å². The van der Waals surface area contributed by atoms with Crippen LogP contribution in [-0.4, -0.2) is 43.2 Å². The Morgan fingerprint density at radius 1 is 1.10 bits per heavy atom. The number of ether oxygens (including phenoxy) is 1. The van der Waals surface area contributed by atoms with Gasteiger partial charge in [0.05, 0.1) is 12.6 Å². The smallest absolute Gasteiger partial charge is 0.251 e. The van der Waals surface area contributed by atoms with E-state index in [1.165, 1.54) is 12.8 Å². The van der Waals surface area contributed by atoms with Gasteiger partial charge in [0.25, 0.3) is 5.91 Å². The average Bonchev–Trinajstić information content (AvgIpc) is 2.74. The molecule has 156 valence electrons. The van der Waals surface area contributed by atoms with E-state index in [-0.39, 0.29) is 11.9 Å². The lowest BCUT2D eigenvalue weighted by Crippen LogP contribution is -2.39. The molecule has 1 atom stereocenters. The first kappa shape index (κ1) is 21.8. The predicted octanol–water partition coefficient (Wildman–Crippen LogP) is 4.95. The largest absolute Gasteiger partial charge is 0.379 e. The van der Waals surface area contributed by atoms with Crippen LogP contribution in [0.3, 0.4) is 0 Å². The fraction of sp³-hybridized carbons (Fsp3) is 0.458. The first-order chi connectivity index (χ1) is 14.0. The van der Waals surface area contributed by atoms with Gasteiger partial charge in [-0.1, -0.05) is 41.9 Å². The molecule has 0 aromatic heterocycles. The summed E-state index contributed by atoms with van der Waals surface area (Å²) in [5.41, 5.74) is 1.64. The van der Waals surface area contributed by atoms with Gasteiger partial charge in [-0.2, -0.15) is 0 Å².